The van der Waals surface area contributed by atoms with E-state index in [2.05, 4.69) is 10.3 Å². The minimum Gasteiger partial charge on any atom is -0.508 e. The van der Waals surface area contributed by atoms with Gasteiger partial charge >= 0.3 is 0 Å². The molecule has 0 bridgehead atoms. The predicted molar refractivity (Wildman–Crippen MR) is 91.0 cm³/mol. The second-order valence-corrected chi connectivity index (χ2v) is 7.45. The molecule has 118 valence electrons. The average molecular weight is 328 g/mol. The van der Waals surface area contributed by atoms with Crippen LogP contribution in [0.2, 0.25) is 0 Å². The molecule has 0 aliphatic rings. The average Bonchev–Trinajstić information content (AvgIpc) is 2.49. The Balaban J connectivity index is 2.13. The maximum absolute atomic E-state index is 11.8. The number of sulfone groups is 1. The molecule has 0 fully saturated rings. The molecule has 1 heterocycles. The van der Waals surface area contributed by atoms with Crippen molar-refractivity contribution in [3.05, 3.63) is 54.2 Å². The fraction of sp³-hybridized carbons (Fsp3) is 0.118. The third kappa shape index (κ3) is 3.12. The van der Waals surface area contributed by atoms with E-state index in [9.17, 15) is 13.5 Å². The van der Waals surface area contributed by atoms with Gasteiger partial charge in [-0.15, -0.1) is 0 Å². The number of phenols is 1. The first-order chi connectivity index (χ1) is 10.8. The van der Waals surface area contributed by atoms with Gasteiger partial charge in [0.25, 0.3) is 0 Å². The maximum atomic E-state index is 11.8. The molecular weight excluding hydrogens is 312 g/mol. The highest BCUT2D eigenvalue weighted by molar-refractivity contribution is 7.90. The smallest absolute Gasteiger partial charge is 0.175 e. The SMILES string of the molecule is Cc1cc(O)ccc1Nc1ccnc2ccc(S(C)(=O)=O)cc12. The van der Waals surface area contributed by atoms with Crippen LogP contribution in [0.15, 0.2) is 53.6 Å². The van der Waals surface area contributed by atoms with Gasteiger partial charge in [-0.1, -0.05) is 0 Å². The zero-order chi connectivity index (χ0) is 16.6. The number of benzene rings is 2. The normalized spacial score (nSPS) is 11.6. The molecule has 0 aliphatic heterocycles. The number of anilines is 2. The van der Waals surface area contributed by atoms with Crippen molar-refractivity contribution in [3.63, 3.8) is 0 Å². The molecule has 0 saturated heterocycles. The van der Waals surface area contributed by atoms with Gasteiger partial charge in [0.05, 0.1) is 10.4 Å². The van der Waals surface area contributed by atoms with Crippen LogP contribution in [0.5, 0.6) is 5.75 Å². The van der Waals surface area contributed by atoms with Gasteiger partial charge in [-0.3, -0.25) is 4.98 Å². The van der Waals surface area contributed by atoms with Crippen molar-refractivity contribution in [1.82, 2.24) is 4.98 Å². The van der Waals surface area contributed by atoms with Crippen LogP contribution in [-0.4, -0.2) is 24.8 Å². The number of hydrogen-bond donors (Lipinski definition) is 2. The van der Waals surface area contributed by atoms with Gasteiger partial charge in [0.15, 0.2) is 9.84 Å². The molecule has 0 amide bonds. The first kappa shape index (κ1) is 15.3. The van der Waals surface area contributed by atoms with Crippen LogP contribution < -0.4 is 5.32 Å². The van der Waals surface area contributed by atoms with E-state index in [4.69, 9.17) is 0 Å². The number of phenolic OH excluding ortho intramolecular Hbond substituents is 1. The van der Waals surface area contributed by atoms with Gasteiger partial charge < -0.3 is 10.4 Å². The summed E-state index contributed by atoms with van der Waals surface area (Å²) >= 11 is 0. The largest absolute Gasteiger partial charge is 0.508 e. The number of rotatable bonds is 3. The van der Waals surface area contributed by atoms with Gasteiger partial charge in [-0.25, -0.2) is 8.42 Å². The molecule has 0 radical (unpaired) electrons. The third-order valence-corrected chi connectivity index (χ3v) is 4.73. The molecule has 2 N–H and O–H groups in total. The van der Waals surface area contributed by atoms with Crippen molar-refractivity contribution in [2.75, 3.05) is 11.6 Å². The van der Waals surface area contributed by atoms with Crippen LogP contribution in [0, 0.1) is 6.92 Å². The molecule has 3 rings (SSSR count). The highest BCUT2D eigenvalue weighted by atomic mass is 32.2. The molecule has 6 heteroatoms. The van der Waals surface area contributed by atoms with Crippen LogP contribution in [0.25, 0.3) is 10.9 Å². The standard InChI is InChI=1S/C17H16N2O3S/c1-11-9-12(20)3-5-15(11)19-17-7-8-18-16-6-4-13(10-14(16)17)23(2,21)22/h3-10,20H,1-2H3,(H,18,19). The highest BCUT2D eigenvalue weighted by Gasteiger charge is 2.11. The molecule has 0 saturated carbocycles. The Morgan fingerprint density at radius 2 is 1.83 bits per heavy atom. The number of hydrogen-bond acceptors (Lipinski definition) is 5. The van der Waals surface area contributed by atoms with Crippen molar-refractivity contribution in [1.29, 1.82) is 0 Å². The first-order valence-electron chi connectivity index (χ1n) is 7.00. The Hall–Kier alpha value is -2.60. The van der Waals surface area contributed by atoms with Gasteiger partial charge in [0.1, 0.15) is 5.75 Å². The summed E-state index contributed by atoms with van der Waals surface area (Å²) < 4.78 is 23.5. The Labute approximate surface area is 134 Å². The molecule has 0 atom stereocenters. The van der Waals surface area contributed by atoms with Crippen LogP contribution in [0.3, 0.4) is 0 Å². The number of pyridine rings is 1. The Kier molecular flexibility index (Phi) is 3.69. The van der Waals surface area contributed by atoms with E-state index in [-0.39, 0.29) is 10.6 Å². The minimum absolute atomic E-state index is 0.201. The number of nitrogens with zero attached hydrogens (tertiary/aromatic N) is 1. The fourth-order valence-corrected chi connectivity index (χ4v) is 3.05. The molecule has 1 aromatic heterocycles. The van der Waals surface area contributed by atoms with E-state index >= 15 is 0 Å². The molecule has 0 aliphatic carbocycles. The van der Waals surface area contributed by atoms with E-state index in [1.54, 1.807) is 48.7 Å². The lowest BCUT2D eigenvalue weighted by atomic mass is 10.1. The van der Waals surface area contributed by atoms with E-state index in [1.165, 1.54) is 6.26 Å². The van der Waals surface area contributed by atoms with Crippen LogP contribution in [0.1, 0.15) is 5.56 Å². The van der Waals surface area contributed by atoms with E-state index < -0.39 is 9.84 Å². The quantitative estimate of drug-likeness (QED) is 0.720. The van der Waals surface area contributed by atoms with E-state index in [0.29, 0.717) is 5.52 Å². The van der Waals surface area contributed by atoms with E-state index in [1.807, 2.05) is 6.92 Å². The van der Waals surface area contributed by atoms with Gasteiger partial charge in [0.2, 0.25) is 0 Å². The summed E-state index contributed by atoms with van der Waals surface area (Å²) in [7, 11) is -3.29. The lowest BCUT2D eigenvalue weighted by Gasteiger charge is -2.12. The second kappa shape index (κ2) is 5.55. The summed E-state index contributed by atoms with van der Waals surface area (Å²) in [6.07, 6.45) is 2.85. The van der Waals surface area contributed by atoms with Crippen molar-refractivity contribution < 1.29 is 13.5 Å². The summed E-state index contributed by atoms with van der Waals surface area (Å²) in [5.74, 6) is 0.201. The number of fused-ring (bicyclic) bond motifs is 1. The lowest BCUT2D eigenvalue weighted by molar-refractivity contribution is 0.475. The summed E-state index contributed by atoms with van der Waals surface area (Å²) in [5.41, 5.74) is 3.18. The molecule has 23 heavy (non-hydrogen) atoms. The minimum atomic E-state index is -3.29. The number of aromatic hydroxyl groups is 1. The molecule has 0 spiro atoms. The van der Waals surface area contributed by atoms with E-state index in [0.717, 1.165) is 22.3 Å². The van der Waals surface area contributed by atoms with Crippen molar-refractivity contribution in [2.24, 2.45) is 0 Å². The fourth-order valence-electron chi connectivity index (χ4n) is 2.40. The summed E-state index contributed by atoms with van der Waals surface area (Å²) in [6.45, 7) is 1.88. The lowest BCUT2D eigenvalue weighted by Crippen LogP contribution is -1.99. The predicted octanol–water partition coefficient (Wildman–Crippen LogP) is 3.40. The number of aromatic nitrogens is 1. The Morgan fingerprint density at radius 3 is 2.52 bits per heavy atom. The molecule has 2 aromatic carbocycles. The topological polar surface area (TPSA) is 79.3 Å². The molecule has 3 aromatic rings. The summed E-state index contributed by atoms with van der Waals surface area (Å²) in [5, 5.41) is 13.5. The molecular formula is C17H16N2O3S. The first-order valence-corrected chi connectivity index (χ1v) is 8.89. The zero-order valence-corrected chi connectivity index (χ0v) is 13.6. The highest BCUT2D eigenvalue weighted by Crippen LogP contribution is 2.29. The van der Waals surface area contributed by atoms with Crippen LogP contribution in [-0.2, 0) is 9.84 Å². The van der Waals surface area contributed by atoms with Gasteiger partial charge in [-0.05, 0) is 55.0 Å². The Morgan fingerprint density at radius 1 is 1.04 bits per heavy atom. The molecule has 5 nitrogen and oxygen atoms in total. The zero-order valence-electron chi connectivity index (χ0n) is 12.7. The number of aryl methyl sites for hydroxylation is 1. The maximum Gasteiger partial charge on any atom is 0.175 e. The van der Waals surface area contributed by atoms with Crippen molar-refractivity contribution >= 4 is 32.1 Å². The second-order valence-electron chi connectivity index (χ2n) is 5.43. The van der Waals surface area contributed by atoms with Crippen molar-refractivity contribution in [3.8, 4) is 5.75 Å². The Bertz CT molecular complexity index is 998. The molecule has 0 unspecified atom stereocenters. The monoisotopic (exact) mass is 328 g/mol. The van der Waals surface area contributed by atoms with Crippen LogP contribution >= 0.6 is 0 Å². The summed E-state index contributed by atoms with van der Waals surface area (Å²) in [4.78, 5) is 4.52. The summed E-state index contributed by atoms with van der Waals surface area (Å²) in [6, 6.07) is 11.7. The van der Waals surface area contributed by atoms with Gasteiger partial charge in [-0.2, -0.15) is 0 Å². The van der Waals surface area contributed by atoms with Crippen LogP contribution in [0.4, 0.5) is 11.4 Å². The number of nitrogens with one attached hydrogen (secondary N) is 1. The third-order valence-electron chi connectivity index (χ3n) is 3.62. The van der Waals surface area contributed by atoms with Crippen molar-refractivity contribution in [2.45, 2.75) is 11.8 Å². The van der Waals surface area contributed by atoms with Gasteiger partial charge in [0, 0.05) is 29.2 Å².